The maximum Gasteiger partial charge on any atom is 0.0973 e. The van der Waals surface area contributed by atoms with Crippen molar-refractivity contribution in [2.24, 2.45) is 0 Å². The Morgan fingerprint density at radius 1 is 1.47 bits per heavy atom. The third-order valence-electron chi connectivity index (χ3n) is 2.57. The van der Waals surface area contributed by atoms with Crippen LogP contribution >= 0.6 is 27.3 Å². The number of hydrogen-bond acceptors (Lipinski definition) is 3. The molecule has 17 heavy (non-hydrogen) atoms. The second-order valence-electron chi connectivity index (χ2n) is 4.04. The van der Waals surface area contributed by atoms with E-state index in [1.165, 1.54) is 10.6 Å². The molecule has 0 aliphatic rings. The number of likely N-dealkylation sites (N-methyl/N-ethyl adjacent to an activating group) is 1. The van der Waals surface area contributed by atoms with E-state index >= 15 is 0 Å². The fraction of sp³-hybridized carbons (Fsp3) is 0.308. The van der Waals surface area contributed by atoms with Gasteiger partial charge in [-0.25, -0.2) is 4.98 Å². The molecule has 0 saturated heterocycles. The predicted octanol–water partition coefficient (Wildman–Crippen LogP) is 3.90. The second-order valence-corrected chi connectivity index (χ2v) is 5.85. The first kappa shape index (κ1) is 12.7. The van der Waals surface area contributed by atoms with Crippen molar-refractivity contribution in [3.63, 3.8) is 0 Å². The van der Waals surface area contributed by atoms with Crippen molar-refractivity contribution in [3.05, 3.63) is 39.1 Å². The monoisotopic (exact) mass is 310 g/mol. The van der Waals surface area contributed by atoms with Crippen LogP contribution in [0, 0.1) is 0 Å². The van der Waals surface area contributed by atoms with Gasteiger partial charge in [-0.3, -0.25) is 0 Å². The van der Waals surface area contributed by atoms with Crippen molar-refractivity contribution in [1.82, 2.24) is 10.3 Å². The first-order valence-corrected chi connectivity index (χ1v) is 7.24. The number of thiazole rings is 1. The summed E-state index contributed by atoms with van der Waals surface area (Å²) in [4.78, 5) is 4.70. The molecule has 1 aromatic heterocycles. The van der Waals surface area contributed by atoms with Crippen molar-refractivity contribution in [3.8, 4) is 11.3 Å². The summed E-state index contributed by atoms with van der Waals surface area (Å²) in [5.74, 6) is 0.464. The summed E-state index contributed by atoms with van der Waals surface area (Å²) in [6.07, 6.45) is 0. The van der Waals surface area contributed by atoms with Crippen LogP contribution in [-0.2, 0) is 0 Å². The van der Waals surface area contributed by atoms with Gasteiger partial charge in [-0.1, -0.05) is 35.0 Å². The summed E-state index contributed by atoms with van der Waals surface area (Å²) in [5, 5.41) is 6.50. The van der Waals surface area contributed by atoms with E-state index in [2.05, 4.69) is 45.7 Å². The van der Waals surface area contributed by atoms with Crippen LogP contribution in [0.25, 0.3) is 11.3 Å². The Bertz CT molecular complexity index is 496. The molecule has 2 nitrogen and oxygen atoms in total. The van der Waals surface area contributed by atoms with Gasteiger partial charge in [0.05, 0.1) is 10.7 Å². The molecule has 90 valence electrons. The molecule has 4 heteroatoms. The summed E-state index contributed by atoms with van der Waals surface area (Å²) in [6, 6.07) is 8.25. The van der Waals surface area contributed by atoms with Gasteiger partial charge in [-0.2, -0.15) is 0 Å². The number of hydrogen-bond donors (Lipinski definition) is 1. The highest BCUT2D eigenvalue weighted by Gasteiger charge is 2.10. The van der Waals surface area contributed by atoms with Gasteiger partial charge in [0, 0.05) is 27.9 Å². The molecule has 0 aliphatic carbocycles. The Morgan fingerprint density at radius 3 is 3.00 bits per heavy atom. The van der Waals surface area contributed by atoms with E-state index in [0.717, 1.165) is 16.7 Å². The van der Waals surface area contributed by atoms with E-state index in [4.69, 9.17) is 4.98 Å². The third kappa shape index (κ3) is 3.15. The van der Waals surface area contributed by atoms with Crippen molar-refractivity contribution in [2.45, 2.75) is 12.8 Å². The van der Waals surface area contributed by atoms with Crippen LogP contribution in [0.3, 0.4) is 0 Å². The number of nitrogens with zero attached hydrogens (tertiary/aromatic N) is 1. The molecule has 1 aromatic carbocycles. The normalized spacial score (nSPS) is 12.6. The number of benzene rings is 1. The van der Waals surface area contributed by atoms with Crippen molar-refractivity contribution in [2.75, 3.05) is 13.6 Å². The van der Waals surface area contributed by atoms with E-state index in [9.17, 15) is 0 Å². The average molecular weight is 311 g/mol. The van der Waals surface area contributed by atoms with Crippen molar-refractivity contribution in [1.29, 1.82) is 0 Å². The van der Waals surface area contributed by atoms with E-state index in [1.807, 2.05) is 19.2 Å². The van der Waals surface area contributed by atoms with Gasteiger partial charge in [0.1, 0.15) is 0 Å². The Labute approximate surface area is 114 Å². The maximum atomic E-state index is 4.70. The lowest BCUT2D eigenvalue weighted by atomic mass is 10.1. The SMILES string of the molecule is CNCC(C)c1nc(-c2cccc(Br)c2)cs1. The minimum Gasteiger partial charge on any atom is -0.319 e. The van der Waals surface area contributed by atoms with Crippen LogP contribution < -0.4 is 5.32 Å². The van der Waals surface area contributed by atoms with Crippen molar-refractivity contribution >= 4 is 27.3 Å². The summed E-state index contributed by atoms with van der Waals surface area (Å²) >= 11 is 5.22. The van der Waals surface area contributed by atoms with Crippen LogP contribution in [0.4, 0.5) is 0 Å². The van der Waals surface area contributed by atoms with Crippen molar-refractivity contribution < 1.29 is 0 Å². The minimum atomic E-state index is 0.464. The van der Waals surface area contributed by atoms with Gasteiger partial charge in [0.2, 0.25) is 0 Å². The lowest BCUT2D eigenvalue weighted by molar-refractivity contribution is 0.674. The third-order valence-corrected chi connectivity index (χ3v) is 4.14. The highest BCUT2D eigenvalue weighted by atomic mass is 79.9. The molecule has 0 bridgehead atoms. The number of nitrogens with one attached hydrogen (secondary N) is 1. The molecular formula is C13H15BrN2S. The first-order valence-electron chi connectivity index (χ1n) is 5.56. The Morgan fingerprint density at radius 2 is 2.29 bits per heavy atom. The van der Waals surface area contributed by atoms with Gasteiger partial charge in [-0.15, -0.1) is 11.3 Å². The maximum absolute atomic E-state index is 4.70. The average Bonchev–Trinajstić information content (AvgIpc) is 2.78. The molecule has 0 saturated carbocycles. The van der Waals surface area contributed by atoms with Gasteiger partial charge < -0.3 is 5.32 Å². The minimum absolute atomic E-state index is 0.464. The summed E-state index contributed by atoms with van der Waals surface area (Å²) in [6.45, 7) is 3.16. The molecule has 0 radical (unpaired) electrons. The van der Waals surface area contributed by atoms with Gasteiger partial charge >= 0.3 is 0 Å². The molecule has 0 spiro atoms. The largest absolute Gasteiger partial charge is 0.319 e. The van der Waals surface area contributed by atoms with E-state index in [-0.39, 0.29) is 0 Å². The van der Waals surface area contributed by atoms with Crippen LogP contribution in [0.5, 0.6) is 0 Å². The molecule has 0 fully saturated rings. The highest BCUT2D eigenvalue weighted by molar-refractivity contribution is 9.10. The van der Waals surface area contributed by atoms with Crippen LogP contribution in [0.1, 0.15) is 17.8 Å². The number of halogens is 1. The zero-order chi connectivity index (χ0) is 12.3. The summed E-state index contributed by atoms with van der Waals surface area (Å²) in [5.41, 5.74) is 2.23. The Kier molecular flexibility index (Phi) is 4.31. The van der Waals surface area contributed by atoms with Crippen LogP contribution in [0.2, 0.25) is 0 Å². The molecule has 1 atom stereocenters. The first-order chi connectivity index (χ1) is 8.20. The molecule has 1 unspecified atom stereocenters. The molecule has 1 heterocycles. The zero-order valence-electron chi connectivity index (χ0n) is 9.90. The Balaban J connectivity index is 2.23. The predicted molar refractivity (Wildman–Crippen MR) is 77.6 cm³/mol. The van der Waals surface area contributed by atoms with Gasteiger partial charge in [0.25, 0.3) is 0 Å². The highest BCUT2D eigenvalue weighted by Crippen LogP contribution is 2.27. The lowest BCUT2D eigenvalue weighted by Gasteiger charge is -2.05. The zero-order valence-corrected chi connectivity index (χ0v) is 12.3. The Hall–Kier alpha value is -0.710. The standard InChI is InChI=1S/C13H15BrN2S/c1-9(7-15-2)13-16-12(8-17-13)10-4-3-5-11(14)6-10/h3-6,8-9,15H,7H2,1-2H3. The van der Waals surface area contributed by atoms with E-state index in [0.29, 0.717) is 5.92 Å². The lowest BCUT2D eigenvalue weighted by Crippen LogP contribution is -2.14. The summed E-state index contributed by atoms with van der Waals surface area (Å²) < 4.78 is 1.09. The fourth-order valence-electron chi connectivity index (χ4n) is 1.69. The van der Waals surface area contributed by atoms with Crippen LogP contribution in [-0.4, -0.2) is 18.6 Å². The molecule has 2 aromatic rings. The summed E-state index contributed by atoms with van der Waals surface area (Å²) in [7, 11) is 1.97. The van der Waals surface area contributed by atoms with Gasteiger partial charge in [-0.05, 0) is 19.2 Å². The second kappa shape index (κ2) is 5.76. The molecule has 0 amide bonds. The fourth-order valence-corrected chi connectivity index (χ4v) is 2.97. The smallest absolute Gasteiger partial charge is 0.0973 e. The number of rotatable bonds is 4. The van der Waals surface area contributed by atoms with Gasteiger partial charge in [0.15, 0.2) is 0 Å². The topological polar surface area (TPSA) is 24.9 Å². The molecular weight excluding hydrogens is 296 g/mol. The molecule has 1 N–H and O–H groups in total. The quantitative estimate of drug-likeness (QED) is 0.926. The number of aromatic nitrogens is 1. The van der Waals surface area contributed by atoms with Crippen LogP contribution in [0.15, 0.2) is 34.1 Å². The van der Waals surface area contributed by atoms with E-state index in [1.54, 1.807) is 11.3 Å². The van der Waals surface area contributed by atoms with E-state index < -0.39 is 0 Å². The molecule has 0 aliphatic heterocycles. The molecule has 2 rings (SSSR count).